The van der Waals surface area contributed by atoms with Gasteiger partial charge in [-0.2, -0.15) is 0 Å². The highest BCUT2D eigenvalue weighted by Gasteiger charge is 2.18. The van der Waals surface area contributed by atoms with Crippen LogP contribution >= 0.6 is 11.3 Å². The number of amides is 1. The van der Waals surface area contributed by atoms with Crippen molar-refractivity contribution in [1.29, 1.82) is 0 Å². The Labute approximate surface area is 135 Å². The van der Waals surface area contributed by atoms with Gasteiger partial charge < -0.3 is 15.1 Å². The van der Waals surface area contributed by atoms with Crippen LogP contribution in [0.1, 0.15) is 14.5 Å². The minimum absolute atomic E-state index is 0.0281. The number of nitrogens with zero attached hydrogens (tertiary/aromatic N) is 2. The molecule has 2 aromatic rings. The van der Waals surface area contributed by atoms with Gasteiger partial charge in [0.15, 0.2) is 0 Å². The summed E-state index contributed by atoms with van der Waals surface area (Å²) in [5, 5.41) is 3.06. The highest BCUT2D eigenvalue weighted by atomic mass is 32.1. The van der Waals surface area contributed by atoms with Crippen LogP contribution in [0.2, 0.25) is 0 Å². The Bertz CT molecular complexity index is 659. The van der Waals surface area contributed by atoms with Crippen molar-refractivity contribution in [2.24, 2.45) is 0 Å². The Morgan fingerprint density at radius 3 is 2.50 bits per heavy atom. The fourth-order valence-corrected chi connectivity index (χ4v) is 3.41. The molecule has 1 aromatic heterocycles. The van der Waals surface area contributed by atoms with Crippen LogP contribution in [0, 0.1) is 6.92 Å². The molecule has 0 aliphatic carbocycles. The zero-order valence-electron chi connectivity index (χ0n) is 13.0. The van der Waals surface area contributed by atoms with Crippen LogP contribution in [-0.4, -0.2) is 44.0 Å². The molecule has 1 aromatic carbocycles. The van der Waals surface area contributed by atoms with Gasteiger partial charge in [-0.15, -0.1) is 11.3 Å². The average molecular weight is 315 g/mol. The van der Waals surface area contributed by atoms with E-state index < -0.39 is 0 Å². The number of hydrogen-bond acceptors (Lipinski definition) is 4. The van der Waals surface area contributed by atoms with E-state index in [9.17, 15) is 4.79 Å². The predicted molar refractivity (Wildman–Crippen MR) is 93.2 cm³/mol. The normalized spacial score (nSPS) is 15.8. The topological polar surface area (TPSA) is 35.6 Å². The van der Waals surface area contributed by atoms with E-state index in [2.05, 4.69) is 28.2 Å². The first-order valence-corrected chi connectivity index (χ1v) is 8.35. The zero-order valence-corrected chi connectivity index (χ0v) is 13.8. The number of benzene rings is 1. The van der Waals surface area contributed by atoms with E-state index in [1.807, 2.05) is 37.3 Å². The van der Waals surface area contributed by atoms with Crippen LogP contribution in [0.4, 0.5) is 11.4 Å². The lowest BCUT2D eigenvalue weighted by molar-refractivity contribution is 0.103. The maximum atomic E-state index is 12.4. The molecule has 0 bridgehead atoms. The van der Waals surface area contributed by atoms with E-state index in [0.717, 1.165) is 47.3 Å². The molecule has 0 atom stereocenters. The van der Waals surface area contributed by atoms with E-state index in [-0.39, 0.29) is 5.91 Å². The van der Waals surface area contributed by atoms with E-state index in [1.165, 1.54) is 11.3 Å². The predicted octanol–water partition coefficient (Wildman–Crippen LogP) is 3.06. The molecule has 0 spiro atoms. The summed E-state index contributed by atoms with van der Waals surface area (Å²) >= 11 is 1.52. The highest BCUT2D eigenvalue weighted by Crippen LogP contribution is 2.27. The number of aryl methyl sites for hydroxylation is 1. The van der Waals surface area contributed by atoms with E-state index in [1.54, 1.807) is 0 Å². The smallest absolute Gasteiger partial charge is 0.265 e. The summed E-state index contributed by atoms with van der Waals surface area (Å²) in [7, 11) is 2.14. The molecule has 5 heteroatoms. The summed E-state index contributed by atoms with van der Waals surface area (Å²) in [6.07, 6.45) is 0. The van der Waals surface area contributed by atoms with Gasteiger partial charge in [-0.25, -0.2) is 0 Å². The minimum Gasteiger partial charge on any atom is -0.367 e. The van der Waals surface area contributed by atoms with Crippen LogP contribution in [0.15, 0.2) is 36.4 Å². The second-order valence-electron chi connectivity index (χ2n) is 5.67. The lowest BCUT2D eigenvalue weighted by Gasteiger charge is -2.35. The van der Waals surface area contributed by atoms with Gasteiger partial charge in [0.1, 0.15) is 0 Å². The molecule has 0 saturated carbocycles. The summed E-state index contributed by atoms with van der Waals surface area (Å²) in [4.78, 5) is 19.0. The minimum atomic E-state index is -0.0281. The first-order chi connectivity index (χ1) is 10.6. The number of piperazine rings is 1. The molecule has 1 aliphatic heterocycles. The first kappa shape index (κ1) is 15.1. The third-order valence-corrected chi connectivity index (χ3v) is 4.96. The van der Waals surface area contributed by atoms with E-state index >= 15 is 0 Å². The van der Waals surface area contributed by atoms with Gasteiger partial charge >= 0.3 is 0 Å². The maximum Gasteiger partial charge on any atom is 0.265 e. The average Bonchev–Trinajstić information content (AvgIpc) is 2.95. The Balaban J connectivity index is 1.78. The van der Waals surface area contributed by atoms with Gasteiger partial charge in [0, 0.05) is 31.1 Å². The molecule has 22 heavy (non-hydrogen) atoms. The van der Waals surface area contributed by atoms with Crippen LogP contribution in [0.3, 0.4) is 0 Å². The van der Waals surface area contributed by atoms with Crippen molar-refractivity contribution in [2.75, 3.05) is 43.4 Å². The number of hydrogen-bond donors (Lipinski definition) is 1. The number of thiophene rings is 1. The third-order valence-electron chi connectivity index (χ3n) is 3.96. The second-order valence-corrected chi connectivity index (χ2v) is 6.96. The monoisotopic (exact) mass is 315 g/mol. The molecular formula is C17H21N3OS. The highest BCUT2D eigenvalue weighted by molar-refractivity contribution is 7.14. The molecule has 3 rings (SSSR count). The quantitative estimate of drug-likeness (QED) is 0.945. The Hall–Kier alpha value is -1.85. The molecule has 4 nitrogen and oxygen atoms in total. The van der Waals surface area contributed by atoms with Gasteiger partial charge in [-0.1, -0.05) is 12.1 Å². The maximum absolute atomic E-state index is 12.4. The Kier molecular flexibility index (Phi) is 4.45. The molecule has 0 radical (unpaired) electrons. The molecule has 1 fully saturated rings. The number of anilines is 2. The SMILES string of the molecule is Cc1ccc(C(=O)Nc2ccccc2N2CCN(C)CC2)s1. The standard InChI is InChI=1S/C17H21N3OS/c1-13-7-8-16(22-13)17(21)18-14-5-3-4-6-15(14)20-11-9-19(2)10-12-20/h3-8H,9-12H2,1-2H3,(H,18,21). The van der Waals surface area contributed by atoms with Gasteiger partial charge in [0.2, 0.25) is 0 Å². The van der Waals surface area contributed by atoms with Crippen molar-refractivity contribution in [3.8, 4) is 0 Å². The molecule has 116 valence electrons. The zero-order chi connectivity index (χ0) is 15.5. The number of likely N-dealkylation sites (N-methyl/N-ethyl adjacent to an activating group) is 1. The molecule has 1 saturated heterocycles. The van der Waals surface area contributed by atoms with Crippen LogP contribution in [0.25, 0.3) is 0 Å². The molecule has 1 aliphatic rings. The van der Waals surface area contributed by atoms with Crippen LogP contribution in [-0.2, 0) is 0 Å². The third kappa shape index (κ3) is 3.31. The number of para-hydroxylation sites is 2. The van der Waals surface area contributed by atoms with Crippen molar-refractivity contribution in [1.82, 2.24) is 4.90 Å². The van der Waals surface area contributed by atoms with Gasteiger partial charge in [-0.3, -0.25) is 4.79 Å². The molecule has 0 unspecified atom stereocenters. The van der Waals surface area contributed by atoms with Crippen LogP contribution < -0.4 is 10.2 Å². The van der Waals surface area contributed by atoms with E-state index in [0.29, 0.717) is 0 Å². The van der Waals surface area contributed by atoms with Crippen molar-refractivity contribution >= 4 is 28.6 Å². The summed E-state index contributed by atoms with van der Waals surface area (Å²) in [5.74, 6) is -0.0281. The summed E-state index contributed by atoms with van der Waals surface area (Å²) in [6, 6.07) is 11.9. The number of carbonyl (C=O) groups excluding carboxylic acids is 1. The fourth-order valence-electron chi connectivity index (χ4n) is 2.64. The summed E-state index contributed by atoms with van der Waals surface area (Å²) in [6.45, 7) is 6.08. The van der Waals surface area contributed by atoms with Crippen molar-refractivity contribution in [3.05, 3.63) is 46.2 Å². The first-order valence-electron chi connectivity index (χ1n) is 7.54. The molecule has 2 heterocycles. The fraction of sp³-hybridized carbons (Fsp3) is 0.353. The van der Waals surface area contributed by atoms with Crippen LogP contribution in [0.5, 0.6) is 0 Å². The Morgan fingerprint density at radius 1 is 1.09 bits per heavy atom. The lowest BCUT2D eigenvalue weighted by atomic mass is 10.2. The summed E-state index contributed by atoms with van der Waals surface area (Å²) in [5.41, 5.74) is 2.00. The molecule has 1 amide bonds. The number of nitrogens with one attached hydrogen (secondary N) is 1. The van der Waals surface area contributed by atoms with Crippen molar-refractivity contribution < 1.29 is 4.79 Å². The number of rotatable bonds is 3. The Morgan fingerprint density at radius 2 is 1.82 bits per heavy atom. The van der Waals surface area contributed by atoms with Gasteiger partial charge in [-0.05, 0) is 38.2 Å². The van der Waals surface area contributed by atoms with Crippen molar-refractivity contribution in [3.63, 3.8) is 0 Å². The van der Waals surface area contributed by atoms with Gasteiger partial charge in [0.05, 0.1) is 16.3 Å². The second kappa shape index (κ2) is 6.50. The number of carbonyl (C=O) groups is 1. The largest absolute Gasteiger partial charge is 0.367 e. The lowest BCUT2D eigenvalue weighted by Crippen LogP contribution is -2.44. The van der Waals surface area contributed by atoms with Gasteiger partial charge in [0.25, 0.3) is 5.91 Å². The van der Waals surface area contributed by atoms with Crippen molar-refractivity contribution in [2.45, 2.75) is 6.92 Å². The molecular weight excluding hydrogens is 294 g/mol. The summed E-state index contributed by atoms with van der Waals surface area (Å²) < 4.78 is 0. The van der Waals surface area contributed by atoms with E-state index in [4.69, 9.17) is 0 Å². The molecule has 1 N–H and O–H groups in total.